The summed E-state index contributed by atoms with van der Waals surface area (Å²) in [5, 5.41) is 0. The molecule has 0 amide bonds. The van der Waals surface area contributed by atoms with Crippen LogP contribution < -0.4 is 0 Å². The second kappa shape index (κ2) is 19.9. The van der Waals surface area contributed by atoms with Crippen LogP contribution in [0.25, 0.3) is 0 Å². The molecule has 6 heavy (non-hydrogen) atoms. The standard InChI is InChI=1S/C3H6S.2H2O/c1-2-3-4;;/h2,4H,1,3H2;2*1H2. The van der Waals surface area contributed by atoms with E-state index in [4.69, 9.17) is 0 Å². The first-order valence-electron chi connectivity index (χ1n) is 1.13. The molecule has 0 unspecified atom stereocenters. The van der Waals surface area contributed by atoms with Crippen molar-refractivity contribution < 1.29 is 11.0 Å². The number of hydrogen-bond donors (Lipinski definition) is 1. The summed E-state index contributed by atoms with van der Waals surface area (Å²) in [5.74, 6) is 0.778. The van der Waals surface area contributed by atoms with Crippen molar-refractivity contribution in [3.8, 4) is 0 Å². The molecule has 0 saturated carbocycles. The Hall–Kier alpha value is 0.01000. The molecule has 0 spiro atoms. The third-order valence-electron chi connectivity index (χ3n) is 0.129. The maximum atomic E-state index is 3.80. The van der Waals surface area contributed by atoms with Crippen molar-refractivity contribution >= 4 is 12.6 Å². The fourth-order valence-corrected chi connectivity index (χ4v) is 0. The molecule has 0 bridgehead atoms. The third-order valence-corrected chi connectivity index (χ3v) is 0.387. The summed E-state index contributed by atoms with van der Waals surface area (Å²) in [5.41, 5.74) is 0. The quantitative estimate of drug-likeness (QED) is 0.348. The second-order valence-corrected chi connectivity index (χ2v) is 0.836. The van der Waals surface area contributed by atoms with Crippen molar-refractivity contribution in [1.29, 1.82) is 0 Å². The van der Waals surface area contributed by atoms with Crippen molar-refractivity contribution in [3.05, 3.63) is 12.7 Å². The molecule has 3 heteroatoms. The van der Waals surface area contributed by atoms with Gasteiger partial charge in [0.05, 0.1) is 0 Å². The van der Waals surface area contributed by atoms with Gasteiger partial charge in [-0.1, -0.05) is 6.08 Å². The van der Waals surface area contributed by atoms with Gasteiger partial charge in [0.15, 0.2) is 0 Å². The Morgan fingerprint density at radius 1 is 1.50 bits per heavy atom. The van der Waals surface area contributed by atoms with E-state index in [9.17, 15) is 0 Å². The minimum absolute atomic E-state index is 0. The second-order valence-electron chi connectivity index (χ2n) is 0.471. The highest BCUT2D eigenvalue weighted by Gasteiger charge is 1.45. The third kappa shape index (κ3) is 35.6. The molecule has 0 aliphatic heterocycles. The molecule has 40 valence electrons. The Balaban J connectivity index is -0.0000000450. The lowest BCUT2D eigenvalue weighted by atomic mass is 10.8. The van der Waals surface area contributed by atoms with Gasteiger partial charge in [0.25, 0.3) is 0 Å². The summed E-state index contributed by atoms with van der Waals surface area (Å²) in [4.78, 5) is 0. The van der Waals surface area contributed by atoms with E-state index < -0.39 is 0 Å². The summed E-state index contributed by atoms with van der Waals surface area (Å²) in [6.07, 6.45) is 1.74. The summed E-state index contributed by atoms with van der Waals surface area (Å²) >= 11 is 3.80. The Kier molecular flexibility index (Phi) is 55.3. The van der Waals surface area contributed by atoms with Crippen LogP contribution in [-0.4, -0.2) is 16.7 Å². The number of thiol groups is 1. The predicted octanol–water partition coefficient (Wildman–Crippen LogP) is -0.547. The molecule has 0 saturated heterocycles. The summed E-state index contributed by atoms with van der Waals surface area (Å²) in [6, 6.07) is 0. The Bertz CT molecular complexity index is 22.8. The van der Waals surface area contributed by atoms with Crippen molar-refractivity contribution in [2.45, 2.75) is 0 Å². The molecule has 0 aromatic rings. The number of rotatable bonds is 1. The molecule has 0 aliphatic rings. The smallest absolute Gasteiger partial charge is 0.00799 e. The monoisotopic (exact) mass is 110 g/mol. The highest BCUT2D eigenvalue weighted by molar-refractivity contribution is 7.80. The van der Waals surface area contributed by atoms with Crippen LogP contribution in [0.2, 0.25) is 0 Å². The van der Waals surface area contributed by atoms with Crippen LogP contribution in [-0.2, 0) is 0 Å². The summed E-state index contributed by atoms with van der Waals surface area (Å²) in [7, 11) is 0. The first-order valence-corrected chi connectivity index (χ1v) is 1.77. The van der Waals surface area contributed by atoms with Gasteiger partial charge in [-0.2, -0.15) is 12.6 Å². The first kappa shape index (κ1) is 16.7. The van der Waals surface area contributed by atoms with Gasteiger partial charge in [-0.25, -0.2) is 0 Å². The van der Waals surface area contributed by atoms with Crippen LogP contribution in [0.5, 0.6) is 0 Å². The SMILES string of the molecule is C=CCS.O.O. The lowest BCUT2D eigenvalue weighted by Gasteiger charge is -1.57. The fraction of sp³-hybridized carbons (Fsp3) is 0.333. The van der Waals surface area contributed by atoms with E-state index in [1.54, 1.807) is 6.08 Å². The van der Waals surface area contributed by atoms with Crippen LogP contribution in [0.3, 0.4) is 0 Å². The molecular weight excluding hydrogens is 100 g/mol. The first-order chi connectivity index (χ1) is 1.91. The average Bonchev–Trinajstić information content (AvgIpc) is 1.37. The molecule has 0 aromatic heterocycles. The Morgan fingerprint density at radius 3 is 1.67 bits per heavy atom. The van der Waals surface area contributed by atoms with Gasteiger partial charge in [0, 0.05) is 5.75 Å². The van der Waals surface area contributed by atoms with Crippen molar-refractivity contribution in [2.24, 2.45) is 0 Å². The van der Waals surface area contributed by atoms with E-state index >= 15 is 0 Å². The van der Waals surface area contributed by atoms with Gasteiger partial charge >= 0.3 is 0 Å². The lowest BCUT2D eigenvalue weighted by Crippen LogP contribution is -1.45. The molecular formula is C3H10O2S. The van der Waals surface area contributed by atoms with Crippen molar-refractivity contribution in [1.82, 2.24) is 0 Å². The maximum absolute atomic E-state index is 3.80. The van der Waals surface area contributed by atoms with E-state index in [2.05, 4.69) is 19.2 Å². The Labute approximate surface area is 42.9 Å². The minimum atomic E-state index is 0. The molecule has 2 nitrogen and oxygen atoms in total. The summed E-state index contributed by atoms with van der Waals surface area (Å²) < 4.78 is 0. The number of hydrogen-bond acceptors (Lipinski definition) is 1. The van der Waals surface area contributed by atoms with Crippen LogP contribution in [0.4, 0.5) is 0 Å². The molecule has 0 atom stereocenters. The van der Waals surface area contributed by atoms with Gasteiger partial charge in [-0.15, -0.1) is 6.58 Å². The molecule has 0 heterocycles. The van der Waals surface area contributed by atoms with E-state index in [1.165, 1.54) is 0 Å². The normalized spacial score (nSPS) is 4.17. The van der Waals surface area contributed by atoms with Gasteiger partial charge in [-0.05, 0) is 0 Å². The van der Waals surface area contributed by atoms with Crippen LogP contribution >= 0.6 is 12.6 Å². The highest BCUT2D eigenvalue weighted by Crippen LogP contribution is 1.65. The van der Waals surface area contributed by atoms with Crippen molar-refractivity contribution in [3.63, 3.8) is 0 Å². The zero-order chi connectivity index (χ0) is 3.41. The van der Waals surface area contributed by atoms with E-state index in [-0.39, 0.29) is 11.0 Å². The highest BCUT2D eigenvalue weighted by atomic mass is 32.1. The predicted molar refractivity (Wildman–Crippen MR) is 31.3 cm³/mol. The molecule has 0 fully saturated rings. The summed E-state index contributed by atoms with van der Waals surface area (Å²) in [6.45, 7) is 3.40. The largest absolute Gasteiger partial charge is 0.412 e. The van der Waals surface area contributed by atoms with Gasteiger partial charge in [-0.3, -0.25) is 0 Å². The molecule has 0 radical (unpaired) electrons. The van der Waals surface area contributed by atoms with Crippen LogP contribution in [0, 0.1) is 0 Å². The van der Waals surface area contributed by atoms with Gasteiger partial charge < -0.3 is 11.0 Å². The van der Waals surface area contributed by atoms with E-state index in [1.807, 2.05) is 0 Å². The maximum Gasteiger partial charge on any atom is 0.00799 e. The van der Waals surface area contributed by atoms with Crippen LogP contribution in [0.15, 0.2) is 12.7 Å². The molecule has 0 rings (SSSR count). The van der Waals surface area contributed by atoms with E-state index in [0.29, 0.717) is 0 Å². The van der Waals surface area contributed by atoms with Gasteiger partial charge in [0.1, 0.15) is 0 Å². The topological polar surface area (TPSA) is 63.0 Å². The van der Waals surface area contributed by atoms with E-state index in [0.717, 1.165) is 5.75 Å². The lowest BCUT2D eigenvalue weighted by molar-refractivity contribution is 0.823. The molecule has 0 aliphatic carbocycles. The minimum Gasteiger partial charge on any atom is -0.412 e. The van der Waals surface area contributed by atoms with Crippen molar-refractivity contribution in [2.75, 3.05) is 5.75 Å². The Morgan fingerprint density at radius 2 is 1.67 bits per heavy atom. The molecule has 0 aromatic carbocycles. The fourth-order valence-electron chi connectivity index (χ4n) is 0. The molecule has 4 N–H and O–H groups in total. The zero-order valence-electron chi connectivity index (χ0n) is 3.44. The van der Waals surface area contributed by atoms with Gasteiger partial charge in [0.2, 0.25) is 0 Å². The van der Waals surface area contributed by atoms with Crippen LogP contribution in [0.1, 0.15) is 0 Å². The average molecular weight is 110 g/mol. The zero-order valence-corrected chi connectivity index (χ0v) is 4.33.